The zero-order chi connectivity index (χ0) is 16.1. The molecule has 22 heavy (non-hydrogen) atoms. The van der Waals surface area contributed by atoms with Crippen LogP contribution in [0.4, 0.5) is 4.79 Å². The molecule has 1 aliphatic heterocycles. The van der Waals surface area contributed by atoms with Crippen LogP contribution >= 0.6 is 0 Å². The first-order chi connectivity index (χ1) is 10.6. The van der Waals surface area contributed by atoms with E-state index < -0.39 is 18.1 Å². The Balaban J connectivity index is 2.30. The van der Waals surface area contributed by atoms with Crippen molar-refractivity contribution in [2.24, 2.45) is 0 Å². The minimum absolute atomic E-state index is 0.0778. The van der Waals surface area contributed by atoms with Crippen LogP contribution in [0.15, 0.2) is 18.2 Å². The van der Waals surface area contributed by atoms with Gasteiger partial charge in [-0.3, -0.25) is 4.90 Å². The van der Waals surface area contributed by atoms with Crippen LogP contribution in [0.3, 0.4) is 0 Å². The third kappa shape index (κ3) is 3.39. The van der Waals surface area contributed by atoms with Crippen LogP contribution < -0.4 is 0 Å². The zero-order valence-corrected chi connectivity index (χ0v) is 12.9. The number of aliphatic hydroxyl groups excluding tert-OH is 1. The number of esters is 1. The summed E-state index contributed by atoms with van der Waals surface area (Å²) in [5.74, 6) is -0.425. The summed E-state index contributed by atoms with van der Waals surface area (Å²) >= 11 is 0. The van der Waals surface area contributed by atoms with Crippen LogP contribution in [0.1, 0.15) is 23.6 Å². The summed E-state index contributed by atoms with van der Waals surface area (Å²) in [6.45, 7) is 2.39. The summed E-state index contributed by atoms with van der Waals surface area (Å²) in [6.07, 6.45) is 0.420. The minimum atomic E-state index is -0.677. The van der Waals surface area contributed by atoms with E-state index in [2.05, 4.69) is 0 Å². The number of hydrogen-bond acceptors (Lipinski definition) is 5. The van der Waals surface area contributed by atoms with Gasteiger partial charge in [0.1, 0.15) is 6.04 Å². The molecule has 1 aromatic rings. The number of carbonyl (C=O) groups is 2. The van der Waals surface area contributed by atoms with E-state index in [1.807, 2.05) is 18.2 Å². The van der Waals surface area contributed by atoms with Gasteiger partial charge >= 0.3 is 12.1 Å². The Morgan fingerprint density at radius 3 is 2.77 bits per heavy atom. The van der Waals surface area contributed by atoms with E-state index in [0.717, 1.165) is 16.7 Å². The first kappa shape index (κ1) is 16.3. The highest BCUT2D eigenvalue weighted by Crippen LogP contribution is 2.26. The van der Waals surface area contributed by atoms with Gasteiger partial charge < -0.3 is 14.6 Å². The molecular weight excluding hydrogens is 286 g/mol. The maximum absolute atomic E-state index is 12.1. The number of fused-ring (bicyclic) bond motifs is 1. The molecule has 0 saturated carbocycles. The number of methoxy groups -OCH3 is 1. The summed E-state index contributed by atoms with van der Waals surface area (Å²) in [7, 11) is 1.30. The molecule has 1 unspecified atom stereocenters. The van der Waals surface area contributed by atoms with Gasteiger partial charge in [-0.1, -0.05) is 18.2 Å². The lowest BCUT2D eigenvalue weighted by Crippen LogP contribution is -2.49. The topological polar surface area (TPSA) is 76.1 Å². The molecule has 0 aromatic heterocycles. The number of benzene rings is 1. The fourth-order valence-corrected chi connectivity index (χ4v) is 2.68. The average Bonchev–Trinajstić information content (AvgIpc) is 2.53. The van der Waals surface area contributed by atoms with E-state index in [1.165, 1.54) is 12.0 Å². The average molecular weight is 307 g/mol. The predicted molar refractivity (Wildman–Crippen MR) is 79.3 cm³/mol. The van der Waals surface area contributed by atoms with Crippen LogP contribution in [0.25, 0.3) is 0 Å². The number of aliphatic hydroxyl groups is 1. The zero-order valence-electron chi connectivity index (χ0n) is 12.9. The van der Waals surface area contributed by atoms with Gasteiger partial charge in [0, 0.05) is 13.0 Å². The Morgan fingerprint density at radius 2 is 2.14 bits per heavy atom. The highest BCUT2D eigenvalue weighted by Gasteiger charge is 2.36. The molecule has 0 bridgehead atoms. The maximum atomic E-state index is 12.1. The predicted octanol–water partition coefficient (Wildman–Crippen LogP) is 1.28. The number of rotatable bonds is 4. The second-order valence-corrected chi connectivity index (χ2v) is 5.15. The molecule has 120 valence electrons. The molecule has 1 aliphatic rings. The molecule has 2 rings (SSSR count). The van der Waals surface area contributed by atoms with Crippen molar-refractivity contribution in [1.82, 2.24) is 4.90 Å². The number of hydrogen-bond donors (Lipinski definition) is 1. The first-order valence-corrected chi connectivity index (χ1v) is 7.33. The van der Waals surface area contributed by atoms with Gasteiger partial charge in [-0.15, -0.1) is 0 Å². The summed E-state index contributed by atoms with van der Waals surface area (Å²) in [5, 5.41) is 9.04. The van der Waals surface area contributed by atoms with Gasteiger partial charge in [-0.05, 0) is 30.0 Å². The van der Waals surface area contributed by atoms with E-state index >= 15 is 0 Å². The first-order valence-electron chi connectivity index (χ1n) is 7.33. The monoisotopic (exact) mass is 307 g/mol. The van der Waals surface area contributed by atoms with Crippen molar-refractivity contribution < 1.29 is 24.2 Å². The normalized spacial score (nSPS) is 16.9. The van der Waals surface area contributed by atoms with E-state index in [4.69, 9.17) is 14.6 Å². The van der Waals surface area contributed by atoms with Gasteiger partial charge in [0.25, 0.3) is 0 Å². The van der Waals surface area contributed by atoms with E-state index in [1.54, 1.807) is 6.92 Å². The molecule has 6 heteroatoms. The Morgan fingerprint density at radius 1 is 1.36 bits per heavy atom. The summed E-state index contributed by atoms with van der Waals surface area (Å²) in [4.78, 5) is 25.5. The molecule has 0 fully saturated rings. The SMILES string of the molecule is CCOC(=O)C1Cc2cc(CCO)ccc2CN1C(=O)OC. The van der Waals surface area contributed by atoms with Gasteiger partial charge in [-0.25, -0.2) is 9.59 Å². The van der Waals surface area contributed by atoms with Gasteiger partial charge in [-0.2, -0.15) is 0 Å². The Bertz CT molecular complexity index is 557. The fourth-order valence-electron chi connectivity index (χ4n) is 2.68. The maximum Gasteiger partial charge on any atom is 0.410 e. The van der Waals surface area contributed by atoms with Crippen molar-refractivity contribution in [3.8, 4) is 0 Å². The van der Waals surface area contributed by atoms with Crippen LogP contribution in [0.5, 0.6) is 0 Å². The highest BCUT2D eigenvalue weighted by atomic mass is 16.6. The molecule has 0 aliphatic carbocycles. The molecule has 0 radical (unpaired) electrons. The van der Waals surface area contributed by atoms with Gasteiger partial charge in [0.15, 0.2) is 0 Å². The largest absolute Gasteiger partial charge is 0.464 e. The fraction of sp³-hybridized carbons (Fsp3) is 0.500. The molecule has 1 heterocycles. The third-order valence-electron chi connectivity index (χ3n) is 3.77. The van der Waals surface area contributed by atoms with E-state index in [-0.39, 0.29) is 13.2 Å². The molecule has 0 saturated heterocycles. The molecule has 1 atom stereocenters. The van der Waals surface area contributed by atoms with Crippen molar-refractivity contribution in [3.63, 3.8) is 0 Å². The lowest BCUT2D eigenvalue weighted by Gasteiger charge is -2.34. The Labute approximate surface area is 129 Å². The molecule has 6 nitrogen and oxygen atoms in total. The molecular formula is C16H21NO5. The number of amides is 1. The van der Waals surface area contributed by atoms with Crippen molar-refractivity contribution in [1.29, 1.82) is 0 Å². The second kappa shape index (κ2) is 7.26. The second-order valence-electron chi connectivity index (χ2n) is 5.15. The van der Waals surface area contributed by atoms with Crippen molar-refractivity contribution in [2.45, 2.75) is 32.4 Å². The number of nitrogens with zero attached hydrogens (tertiary/aromatic N) is 1. The van der Waals surface area contributed by atoms with Crippen molar-refractivity contribution >= 4 is 12.1 Å². The summed E-state index contributed by atoms with van der Waals surface area (Å²) in [5.41, 5.74) is 2.99. The van der Waals surface area contributed by atoms with Gasteiger partial charge in [0.05, 0.1) is 20.3 Å². The Kier molecular flexibility index (Phi) is 5.38. The highest BCUT2D eigenvalue weighted by molar-refractivity contribution is 5.82. The van der Waals surface area contributed by atoms with Crippen molar-refractivity contribution in [3.05, 3.63) is 34.9 Å². The van der Waals surface area contributed by atoms with Crippen molar-refractivity contribution in [2.75, 3.05) is 20.3 Å². The quantitative estimate of drug-likeness (QED) is 0.848. The molecule has 0 spiro atoms. The Hall–Kier alpha value is -2.08. The van der Waals surface area contributed by atoms with Crippen LogP contribution in [-0.2, 0) is 33.7 Å². The van der Waals surface area contributed by atoms with Crippen LogP contribution in [-0.4, -0.2) is 48.4 Å². The molecule has 1 N–H and O–H groups in total. The number of carbonyl (C=O) groups excluding carboxylic acids is 2. The summed E-state index contributed by atoms with van der Waals surface area (Å²) < 4.78 is 9.84. The smallest absolute Gasteiger partial charge is 0.410 e. The lowest BCUT2D eigenvalue weighted by atomic mass is 9.92. The standard InChI is InChI=1S/C16H21NO5/c1-3-22-15(19)14-9-13-8-11(6-7-18)4-5-12(13)10-17(14)16(20)21-2/h4-5,8,14,18H,3,6-7,9-10H2,1-2H3. The summed E-state index contributed by atoms with van der Waals surface area (Å²) in [6, 6.07) is 5.16. The third-order valence-corrected chi connectivity index (χ3v) is 3.77. The van der Waals surface area contributed by atoms with Gasteiger partial charge in [0.2, 0.25) is 0 Å². The molecule has 1 amide bonds. The minimum Gasteiger partial charge on any atom is -0.464 e. The molecule has 1 aromatic carbocycles. The van der Waals surface area contributed by atoms with Crippen LogP contribution in [0, 0.1) is 0 Å². The van der Waals surface area contributed by atoms with E-state index in [0.29, 0.717) is 19.4 Å². The number of ether oxygens (including phenoxy) is 2. The van der Waals surface area contributed by atoms with Crippen LogP contribution in [0.2, 0.25) is 0 Å². The lowest BCUT2D eigenvalue weighted by molar-refractivity contribution is -0.149. The van der Waals surface area contributed by atoms with E-state index in [9.17, 15) is 9.59 Å².